The second-order valence-electron chi connectivity index (χ2n) is 4.75. The number of ether oxygens (including phenoxy) is 2. The van der Waals surface area contributed by atoms with E-state index in [0.29, 0.717) is 11.3 Å². The lowest BCUT2D eigenvalue weighted by molar-refractivity contribution is -0.150. The molecule has 0 aliphatic rings. The molecule has 114 valence electrons. The van der Waals surface area contributed by atoms with E-state index in [9.17, 15) is 14.4 Å². The van der Waals surface area contributed by atoms with Gasteiger partial charge in [-0.1, -0.05) is 0 Å². The Kier molecular flexibility index (Phi) is 6.39. The summed E-state index contributed by atoms with van der Waals surface area (Å²) in [6, 6.07) is 6.40. The smallest absolute Gasteiger partial charge is 0.344 e. The highest BCUT2D eigenvalue weighted by Gasteiger charge is 2.09. The van der Waals surface area contributed by atoms with Gasteiger partial charge in [-0.05, 0) is 45.0 Å². The summed E-state index contributed by atoms with van der Waals surface area (Å²) in [7, 11) is 0. The second-order valence-corrected chi connectivity index (χ2v) is 4.75. The normalized spacial score (nSPS) is 10.1. The largest absolute Gasteiger partial charge is 0.482 e. The van der Waals surface area contributed by atoms with Crippen LogP contribution in [0.3, 0.4) is 0 Å². The first-order chi connectivity index (χ1) is 9.88. The Balaban J connectivity index is 2.32. The average Bonchev–Trinajstić information content (AvgIpc) is 2.42. The average molecular weight is 293 g/mol. The van der Waals surface area contributed by atoms with E-state index in [4.69, 9.17) is 9.47 Å². The SMILES string of the molecule is CC(=O)c1ccc(OCC(=O)OCC(=O)NC(C)C)cc1. The summed E-state index contributed by atoms with van der Waals surface area (Å²) in [5.74, 6) is -0.589. The Labute approximate surface area is 123 Å². The van der Waals surface area contributed by atoms with Gasteiger partial charge in [-0.25, -0.2) is 4.79 Å². The molecule has 0 aromatic heterocycles. The molecule has 0 aliphatic carbocycles. The molecule has 0 radical (unpaired) electrons. The van der Waals surface area contributed by atoms with Crippen molar-refractivity contribution in [2.75, 3.05) is 13.2 Å². The zero-order chi connectivity index (χ0) is 15.8. The van der Waals surface area contributed by atoms with Crippen molar-refractivity contribution in [3.63, 3.8) is 0 Å². The zero-order valence-electron chi connectivity index (χ0n) is 12.3. The molecule has 21 heavy (non-hydrogen) atoms. The van der Waals surface area contributed by atoms with Crippen LogP contribution >= 0.6 is 0 Å². The van der Waals surface area contributed by atoms with Crippen LogP contribution < -0.4 is 10.1 Å². The van der Waals surface area contributed by atoms with Crippen molar-refractivity contribution in [1.29, 1.82) is 0 Å². The van der Waals surface area contributed by atoms with Crippen molar-refractivity contribution in [2.45, 2.75) is 26.8 Å². The van der Waals surface area contributed by atoms with Gasteiger partial charge in [-0.3, -0.25) is 9.59 Å². The summed E-state index contributed by atoms with van der Waals surface area (Å²) >= 11 is 0. The maximum Gasteiger partial charge on any atom is 0.344 e. The monoisotopic (exact) mass is 293 g/mol. The summed E-state index contributed by atoms with van der Waals surface area (Å²) in [4.78, 5) is 33.8. The van der Waals surface area contributed by atoms with Crippen LogP contribution in [0, 0.1) is 0 Å². The zero-order valence-corrected chi connectivity index (χ0v) is 12.3. The number of carbonyl (C=O) groups excluding carboxylic acids is 3. The van der Waals surface area contributed by atoms with Gasteiger partial charge in [-0.15, -0.1) is 0 Å². The fraction of sp³-hybridized carbons (Fsp3) is 0.400. The summed E-state index contributed by atoms with van der Waals surface area (Å²) in [6.07, 6.45) is 0. The highest BCUT2D eigenvalue weighted by molar-refractivity contribution is 5.94. The molecule has 1 rings (SSSR count). The molecule has 1 aromatic carbocycles. The number of nitrogens with one attached hydrogen (secondary N) is 1. The lowest BCUT2D eigenvalue weighted by atomic mass is 10.1. The molecule has 0 aliphatic heterocycles. The number of Topliss-reactive ketones (excluding diaryl/α,β-unsaturated/α-hetero) is 1. The molecule has 0 unspecified atom stereocenters. The molecular weight excluding hydrogens is 274 g/mol. The lowest BCUT2D eigenvalue weighted by Crippen LogP contribution is -2.34. The number of benzene rings is 1. The van der Waals surface area contributed by atoms with Crippen LogP contribution in [0.25, 0.3) is 0 Å². The molecular formula is C15H19NO5. The predicted octanol–water partition coefficient (Wildman–Crippen LogP) is 1.34. The van der Waals surface area contributed by atoms with Gasteiger partial charge in [0.2, 0.25) is 0 Å². The molecule has 0 bridgehead atoms. The topological polar surface area (TPSA) is 81.7 Å². The van der Waals surface area contributed by atoms with E-state index in [1.165, 1.54) is 6.92 Å². The van der Waals surface area contributed by atoms with E-state index >= 15 is 0 Å². The minimum atomic E-state index is -0.635. The van der Waals surface area contributed by atoms with E-state index in [1.54, 1.807) is 24.3 Å². The number of rotatable bonds is 7. The number of ketones is 1. The maximum absolute atomic E-state index is 11.4. The van der Waals surface area contributed by atoms with E-state index in [1.807, 2.05) is 13.8 Å². The second kappa shape index (κ2) is 8.04. The van der Waals surface area contributed by atoms with Crippen LogP contribution in [-0.2, 0) is 14.3 Å². The van der Waals surface area contributed by atoms with Crippen LogP contribution in [0.5, 0.6) is 5.75 Å². The minimum Gasteiger partial charge on any atom is -0.482 e. The van der Waals surface area contributed by atoms with Gasteiger partial charge in [0.1, 0.15) is 5.75 Å². The number of esters is 1. The summed E-state index contributed by atoms with van der Waals surface area (Å²) in [5.41, 5.74) is 0.565. The van der Waals surface area contributed by atoms with Crippen LogP contribution in [-0.4, -0.2) is 36.9 Å². The Morgan fingerprint density at radius 3 is 2.24 bits per heavy atom. The summed E-state index contributed by atoms with van der Waals surface area (Å²) in [6.45, 7) is 4.47. The van der Waals surface area contributed by atoms with Gasteiger partial charge in [0.25, 0.3) is 5.91 Å². The molecule has 0 heterocycles. The highest BCUT2D eigenvalue weighted by atomic mass is 16.6. The van der Waals surface area contributed by atoms with Crippen LogP contribution in [0.2, 0.25) is 0 Å². The molecule has 0 saturated carbocycles. The molecule has 1 N–H and O–H groups in total. The Morgan fingerprint density at radius 2 is 1.71 bits per heavy atom. The Hall–Kier alpha value is -2.37. The molecule has 6 nitrogen and oxygen atoms in total. The van der Waals surface area contributed by atoms with Gasteiger partial charge in [0, 0.05) is 11.6 Å². The molecule has 1 amide bonds. The third kappa shape index (κ3) is 6.56. The number of hydrogen-bond acceptors (Lipinski definition) is 5. The van der Waals surface area contributed by atoms with Gasteiger partial charge >= 0.3 is 5.97 Å². The first-order valence-electron chi connectivity index (χ1n) is 6.57. The summed E-state index contributed by atoms with van der Waals surface area (Å²) < 4.78 is 9.96. The number of amides is 1. The lowest BCUT2D eigenvalue weighted by Gasteiger charge is -2.09. The summed E-state index contributed by atoms with van der Waals surface area (Å²) in [5, 5.41) is 2.60. The number of hydrogen-bond donors (Lipinski definition) is 1. The molecule has 0 spiro atoms. The van der Waals surface area contributed by atoms with E-state index in [-0.39, 0.29) is 30.9 Å². The molecule has 6 heteroatoms. The van der Waals surface area contributed by atoms with Gasteiger partial charge in [0.05, 0.1) is 0 Å². The van der Waals surface area contributed by atoms with Crippen LogP contribution in [0.15, 0.2) is 24.3 Å². The maximum atomic E-state index is 11.4. The van der Waals surface area contributed by atoms with Crippen LogP contribution in [0.1, 0.15) is 31.1 Å². The fourth-order valence-corrected chi connectivity index (χ4v) is 1.48. The van der Waals surface area contributed by atoms with Gasteiger partial charge in [0.15, 0.2) is 19.0 Å². The molecule has 0 fully saturated rings. The molecule has 0 atom stereocenters. The number of carbonyl (C=O) groups is 3. The van der Waals surface area contributed by atoms with E-state index < -0.39 is 5.97 Å². The van der Waals surface area contributed by atoms with E-state index in [0.717, 1.165) is 0 Å². The Morgan fingerprint density at radius 1 is 1.10 bits per heavy atom. The van der Waals surface area contributed by atoms with Crippen LogP contribution in [0.4, 0.5) is 0 Å². The van der Waals surface area contributed by atoms with Gasteiger partial charge < -0.3 is 14.8 Å². The first kappa shape index (κ1) is 16.7. The third-order valence-corrected chi connectivity index (χ3v) is 2.43. The van der Waals surface area contributed by atoms with Crippen molar-refractivity contribution in [1.82, 2.24) is 5.32 Å². The quantitative estimate of drug-likeness (QED) is 0.606. The van der Waals surface area contributed by atoms with Crippen molar-refractivity contribution in [2.24, 2.45) is 0 Å². The minimum absolute atomic E-state index is 0.00718. The predicted molar refractivity (Wildman–Crippen MR) is 76.2 cm³/mol. The third-order valence-electron chi connectivity index (χ3n) is 2.43. The standard InChI is InChI=1S/C15H19NO5/c1-10(2)16-14(18)8-21-15(19)9-20-13-6-4-12(5-7-13)11(3)17/h4-7,10H,8-9H2,1-3H3,(H,16,18). The van der Waals surface area contributed by atoms with Crippen molar-refractivity contribution < 1.29 is 23.9 Å². The van der Waals surface area contributed by atoms with E-state index in [2.05, 4.69) is 5.32 Å². The Bertz CT molecular complexity index is 507. The van der Waals surface area contributed by atoms with Crippen molar-refractivity contribution >= 4 is 17.7 Å². The van der Waals surface area contributed by atoms with Crippen molar-refractivity contribution in [3.05, 3.63) is 29.8 Å². The van der Waals surface area contributed by atoms with Crippen molar-refractivity contribution in [3.8, 4) is 5.75 Å². The fourth-order valence-electron chi connectivity index (χ4n) is 1.48. The van der Waals surface area contributed by atoms with Gasteiger partial charge in [-0.2, -0.15) is 0 Å². The molecule has 1 aromatic rings. The molecule has 0 saturated heterocycles. The first-order valence-corrected chi connectivity index (χ1v) is 6.57. The highest BCUT2D eigenvalue weighted by Crippen LogP contribution is 2.12.